The summed E-state index contributed by atoms with van der Waals surface area (Å²) in [6.07, 6.45) is 2.96. The van der Waals surface area contributed by atoms with Gasteiger partial charge in [-0.25, -0.2) is 0 Å². The maximum atomic E-state index is 10.8. The molecule has 2 atom stereocenters. The zero-order valence-electron chi connectivity index (χ0n) is 9.41. The molecule has 1 aliphatic heterocycles. The maximum Gasteiger partial charge on any atom is 0.305 e. The molecular weight excluding hydrogens is 208 g/mol. The molecule has 2 aliphatic rings. The molecular formula is C11H20N2O3. The number of carboxylic acid groups (broad SMARTS) is 1. The third-order valence-corrected chi connectivity index (χ3v) is 3.77. The van der Waals surface area contributed by atoms with E-state index in [4.69, 9.17) is 5.11 Å². The van der Waals surface area contributed by atoms with Gasteiger partial charge in [-0.1, -0.05) is 6.42 Å². The lowest BCUT2D eigenvalue weighted by Gasteiger charge is -2.43. The van der Waals surface area contributed by atoms with Crippen LogP contribution in [0.15, 0.2) is 0 Å². The maximum absolute atomic E-state index is 10.8. The topological polar surface area (TPSA) is 81.6 Å². The van der Waals surface area contributed by atoms with Crippen LogP contribution >= 0.6 is 0 Å². The molecule has 4 N–H and O–H groups in total. The first kappa shape index (κ1) is 11.8. The van der Waals surface area contributed by atoms with Gasteiger partial charge < -0.3 is 20.8 Å². The quantitative estimate of drug-likeness (QED) is 0.512. The van der Waals surface area contributed by atoms with E-state index in [-0.39, 0.29) is 18.1 Å². The van der Waals surface area contributed by atoms with Gasteiger partial charge in [-0.15, -0.1) is 0 Å². The summed E-state index contributed by atoms with van der Waals surface area (Å²) in [6, 6.07) is 0. The smallest absolute Gasteiger partial charge is 0.305 e. The zero-order chi connectivity index (χ0) is 11.6. The van der Waals surface area contributed by atoms with E-state index in [1.165, 1.54) is 0 Å². The van der Waals surface area contributed by atoms with Gasteiger partial charge in [0.2, 0.25) is 0 Å². The molecule has 0 radical (unpaired) electrons. The second-order valence-electron chi connectivity index (χ2n) is 5.09. The Morgan fingerprint density at radius 1 is 1.44 bits per heavy atom. The van der Waals surface area contributed by atoms with Crippen LogP contribution in [0.1, 0.15) is 25.7 Å². The molecule has 1 heterocycles. The third kappa shape index (κ3) is 2.53. The zero-order valence-corrected chi connectivity index (χ0v) is 9.41. The van der Waals surface area contributed by atoms with Crippen molar-refractivity contribution in [3.05, 3.63) is 0 Å². The summed E-state index contributed by atoms with van der Waals surface area (Å²) in [4.78, 5) is 10.8. The lowest BCUT2D eigenvalue weighted by Crippen LogP contribution is -2.69. The number of aliphatic hydroxyl groups excluding tert-OH is 1. The number of carbonyl (C=O) groups is 1. The SMILES string of the molecule is O=C(O)CC1(NCC2CCCC2O)CNC1. The van der Waals surface area contributed by atoms with Gasteiger partial charge >= 0.3 is 5.97 Å². The van der Waals surface area contributed by atoms with Crippen molar-refractivity contribution in [1.82, 2.24) is 10.6 Å². The Labute approximate surface area is 95.2 Å². The number of carboxylic acids is 1. The van der Waals surface area contributed by atoms with Crippen molar-refractivity contribution in [3.8, 4) is 0 Å². The van der Waals surface area contributed by atoms with Crippen LogP contribution in [0.5, 0.6) is 0 Å². The van der Waals surface area contributed by atoms with Crippen molar-refractivity contribution in [2.24, 2.45) is 5.92 Å². The Morgan fingerprint density at radius 2 is 2.19 bits per heavy atom. The largest absolute Gasteiger partial charge is 0.481 e. The average molecular weight is 228 g/mol. The number of aliphatic carboxylic acids is 1. The van der Waals surface area contributed by atoms with Gasteiger partial charge in [-0.2, -0.15) is 0 Å². The fourth-order valence-electron chi connectivity index (χ4n) is 2.63. The predicted octanol–water partition coefficient (Wildman–Crippen LogP) is -0.446. The first-order valence-corrected chi connectivity index (χ1v) is 5.97. The number of nitrogens with one attached hydrogen (secondary N) is 2. The molecule has 2 rings (SSSR count). The van der Waals surface area contributed by atoms with Crippen molar-refractivity contribution in [2.45, 2.75) is 37.3 Å². The molecule has 2 fully saturated rings. The molecule has 1 saturated carbocycles. The minimum Gasteiger partial charge on any atom is -0.481 e. The minimum atomic E-state index is -0.763. The van der Waals surface area contributed by atoms with E-state index in [2.05, 4.69) is 10.6 Å². The highest BCUT2D eigenvalue weighted by Gasteiger charge is 2.39. The Bertz CT molecular complexity index is 266. The van der Waals surface area contributed by atoms with E-state index < -0.39 is 5.97 Å². The normalized spacial score (nSPS) is 32.3. The van der Waals surface area contributed by atoms with Crippen LogP contribution in [-0.4, -0.2) is 47.5 Å². The molecule has 1 aliphatic carbocycles. The standard InChI is InChI=1S/C11H20N2O3/c14-9-3-1-2-8(9)5-13-11(4-10(15)16)6-12-7-11/h8-9,12-14H,1-7H2,(H,15,16). The summed E-state index contributed by atoms with van der Waals surface area (Å²) in [6.45, 7) is 2.15. The summed E-state index contributed by atoms with van der Waals surface area (Å²) in [5.41, 5.74) is -0.284. The van der Waals surface area contributed by atoms with Crippen LogP contribution in [0, 0.1) is 5.92 Å². The van der Waals surface area contributed by atoms with Crippen molar-refractivity contribution in [1.29, 1.82) is 0 Å². The van der Waals surface area contributed by atoms with E-state index >= 15 is 0 Å². The van der Waals surface area contributed by atoms with Crippen molar-refractivity contribution in [3.63, 3.8) is 0 Å². The number of aliphatic hydroxyl groups is 1. The van der Waals surface area contributed by atoms with Gasteiger partial charge in [0.25, 0.3) is 0 Å². The van der Waals surface area contributed by atoms with E-state index in [0.717, 1.165) is 25.8 Å². The molecule has 0 aromatic heterocycles. The van der Waals surface area contributed by atoms with Crippen LogP contribution in [-0.2, 0) is 4.79 Å². The molecule has 0 amide bonds. The van der Waals surface area contributed by atoms with Crippen LogP contribution in [0.4, 0.5) is 0 Å². The van der Waals surface area contributed by atoms with Crippen LogP contribution in [0.25, 0.3) is 0 Å². The number of rotatable bonds is 5. The second kappa shape index (κ2) is 4.69. The number of hydrogen-bond acceptors (Lipinski definition) is 4. The highest BCUT2D eigenvalue weighted by atomic mass is 16.4. The van der Waals surface area contributed by atoms with Gasteiger partial charge in [-0.05, 0) is 18.8 Å². The Hall–Kier alpha value is -0.650. The van der Waals surface area contributed by atoms with Gasteiger partial charge in [0.05, 0.1) is 18.1 Å². The first-order chi connectivity index (χ1) is 7.61. The predicted molar refractivity (Wildman–Crippen MR) is 59.2 cm³/mol. The molecule has 1 saturated heterocycles. The highest BCUT2D eigenvalue weighted by molar-refractivity contribution is 5.68. The van der Waals surface area contributed by atoms with Gasteiger partial charge in [-0.3, -0.25) is 4.79 Å². The molecule has 5 heteroatoms. The van der Waals surface area contributed by atoms with Crippen molar-refractivity contribution >= 4 is 5.97 Å². The molecule has 0 spiro atoms. The summed E-state index contributed by atoms with van der Waals surface area (Å²) in [5, 5.41) is 25.0. The van der Waals surface area contributed by atoms with Crippen molar-refractivity contribution < 1.29 is 15.0 Å². The van der Waals surface area contributed by atoms with Gasteiger partial charge in [0.1, 0.15) is 0 Å². The molecule has 0 bridgehead atoms. The van der Waals surface area contributed by atoms with Gasteiger partial charge in [0.15, 0.2) is 0 Å². The molecule has 0 aromatic rings. The molecule has 5 nitrogen and oxygen atoms in total. The van der Waals surface area contributed by atoms with Crippen LogP contribution < -0.4 is 10.6 Å². The average Bonchev–Trinajstić information content (AvgIpc) is 2.55. The number of hydrogen-bond donors (Lipinski definition) is 4. The lowest BCUT2D eigenvalue weighted by molar-refractivity contribution is -0.139. The summed E-state index contributed by atoms with van der Waals surface area (Å²) in [7, 11) is 0. The molecule has 92 valence electrons. The Kier molecular flexibility index (Phi) is 3.47. The fourth-order valence-corrected chi connectivity index (χ4v) is 2.63. The lowest BCUT2D eigenvalue weighted by atomic mass is 9.87. The van der Waals surface area contributed by atoms with Crippen LogP contribution in [0.2, 0.25) is 0 Å². The molecule has 0 aromatic carbocycles. The fraction of sp³-hybridized carbons (Fsp3) is 0.909. The highest BCUT2D eigenvalue weighted by Crippen LogP contribution is 2.26. The summed E-state index contributed by atoms with van der Waals surface area (Å²) in [5.74, 6) is -0.466. The molecule has 2 unspecified atom stereocenters. The third-order valence-electron chi connectivity index (χ3n) is 3.77. The molecule has 16 heavy (non-hydrogen) atoms. The Morgan fingerprint density at radius 3 is 2.62 bits per heavy atom. The van der Waals surface area contributed by atoms with Crippen LogP contribution in [0.3, 0.4) is 0 Å². The van der Waals surface area contributed by atoms with E-state index in [1.807, 2.05) is 0 Å². The van der Waals surface area contributed by atoms with Gasteiger partial charge in [0, 0.05) is 19.6 Å². The van der Waals surface area contributed by atoms with E-state index in [0.29, 0.717) is 19.0 Å². The van der Waals surface area contributed by atoms with Crippen molar-refractivity contribution in [2.75, 3.05) is 19.6 Å². The Balaban J connectivity index is 1.80. The summed E-state index contributed by atoms with van der Waals surface area (Å²) >= 11 is 0. The van der Waals surface area contributed by atoms with E-state index in [9.17, 15) is 9.90 Å². The summed E-state index contributed by atoms with van der Waals surface area (Å²) < 4.78 is 0. The minimum absolute atomic E-state index is 0.156. The van der Waals surface area contributed by atoms with E-state index in [1.54, 1.807) is 0 Å². The second-order valence-corrected chi connectivity index (χ2v) is 5.09. The monoisotopic (exact) mass is 228 g/mol. The first-order valence-electron chi connectivity index (χ1n) is 5.97.